The molecule has 126 valence electrons. The van der Waals surface area contributed by atoms with Crippen molar-refractivity contribution in [3.05, 3.63) is 34.9 Å². The van der Waals surface area contributed by atoms with Gasteiger partial charge in [-0.15, -0.1) is 0 Å². The van der Waals surface area contributed by atoms with E-state index < -0.39 is 11.9 Å². The van der Waals surface area contributed by atoms with Gasteiger partial charge < -0.3 is 9.80 Å². The van der Waals surface area contributed by atoms with Gasteiger partial charge in [-0.3, -0.25) is 24.5 Å². The normalized spacial score (nSPS) is 20.0. The van der Waals surface area contributed by atoms with Crippen molar-refractivity contribution in [1.82, 2.24) is 15.1 Å². The van der Waals surface area contributed by atoms with E-state index in [-0.39, 0.29) is 30.7 Å². The lowest BCUT2D eigenvalue weighted by atomic mass is 10.0. The van der Waals surface area contributed by atoms with Crippen LogP contribution in [0.4, 0.5) is 0 Å². The average molecular weight is 329 g/mol. The van der Waals surface area contributed by atoms with Crippen LogP contribution in [0.25, 0.3) is 0 Å². The van der Waals surface area contributed by atoms with Crippen molar-refractivity contribution in [3.8, 4) is 0 Å². The van der Waals surface area contributed by atoms with Crippen molar-refractivity contribution in [1.29, 1.82) is 0 Å². The number of fused-ring (bicyclic) bond motifs is 1. The van der Waals surface area contributed by atoms with Crippen LogP contribution in [0.3, 0.4) is 0 Å². The van der Waals surface area contributed by atoms with Gasteiger partial charge in [0.2, 0.25) is 11.8 Å². The highest BCUT2D eigenvalue weighted by molar-refractivity contribution is 6.06. The van der Waals surface area contributed by atoms with E-state index in [9.17, 15) is 19.2 Å². The van der Waals surface area contributed by atoms with Crippen LogP contribution < -0.4 is 5.32 Å². The number of hydrogen-bond acceptors (Lipinski definition) is 4. The predicted octanol–water partition coefficient (Wildman–Crippen LogP) is 0.540. The number of hydrogen-bond donors (Lipinski definition) is 1. The molecule has 1 atom stereocenters. The van der Waals surface area contributed by atoms with Crippen molar-refractivity contribution >= 4 is 23.6 Å². The maximum Gasteiger partial charge on any atom is 0.255 e. The SMILES string of the molecule is CCN(C)C(=O)c1ccc2c(c1)CN(C1CCC(=O)NC1=O)C2=O. The van der Waals surface area contributed by atoms with Crippen LogP contribution in [0, 0.1) is 0 Å². The molecule has 3 rings (SSSR count). The van der Waals surface area contributed by atoms with Crippen LogP contribution in [-0.4, -0.2) is 53.1 Å². The minimum Gasteiger partial charge on any atom is -0.342 e. The van der Waals surface area contributed by atoms with Crippen molar-refractivity contribution in [2.75, 3.05) is 13.6 Å². The summed E-state index contributed by atoms with van der Waals surface area (Å²) in [5.74, 6) is -1.08. The van der Waals surface area contributed by atoms with E-state index in [1.807, 2.05) is 6.92 Å². The average Bonchev–Trinajstić information content (AvgIpc) is 2.89. The number of rotatable bonds is 3. The first-order valence-corrected chi connectivity index (χ1v) is 7.95. The molecule has 1 N–H and O–H groups in total. The van der Waals surface area contributed by atoms with Gasteiger partial charge in [0.05, 0.1) is 0 Å². The molecule has 24 heavy (non-hydrogen) atoms. The zero-order valence-corrected chi connectivity index (χ0v) is 13.7. The smallest absolute Gasteiger partial charge is 0.255 e. The van der Waals surface area contributed by atoms with E-state index in [4.69, 9.17) is 0 Å². The van der Waals surface area contributed by atoms with Crippen LogP contribution in [0.5, 0.6) is 0 Å². The lowest BCUT2D eigenvalue weighted by Crippen LogP contribution is -2.52. The molecule has 0 saturated carbocycles. The second kappa shape index (κ2) is 6.07. The van der Waals surface area contributed by atoms with Gasteiger partial charge in [0.25, 0.3) is 11.8 Å². The number of nitrogens with one attached hydrogen (secondary N) is 1. The summed E-state index contributed by atoms with van der Waals surface area (Å²) in [4.78, 5) is 51.2. The number of piperidine rings is 1. The van der Waals surface area contributed by atoms with Gasteiger partial charge in [0, 0.05) is 37.7 Å². The highest BCUT2D eigenvalue weighted by Gasteiger charge is 2.39. The highest BCUT2D eigenvalue weighted by atomic mass is 16.2. The Bertz CT molecular complexity index is 743. The standard InChI is InChI=1S/C17H19N3O4/c1-3-19(2)16(23)10-4-5-12-11(8-10)9-20(17(12)24)13-6-7-14(21)18-15(13)22/h4-5,8,13H,3,6-7,9H2,1-2H3,(H,18,21,22). The summed E-state index contributed by atoms with van der Waals surface area (Å²) in [5, 5.41) is 2.27. The lowest BCUT2D eigenvalue weighted by Gasteiger charge is -2.29. The first-order chi connectivity index (χ1) is 11.4. The summed E-state index contributed by atoms with van der Waals surface area (Å²) in [6.07, 6.45) is 0.552. The Balaban J connectivity index is 1.84. The Morgan fingerprint density at radius 3 is 2.75 bits per heavy atom. The van der Waals surface area contributed by atoms with Crippen molar-refractivity contribution in [3.63, 3.8) is 0 Å². The van der Waals surface area contributed by atoms with Gasteiger partial charge >= 0.3 is 0 Å². The Morgan fingerprint density at radius 2 is 2.08 bits per heavy atom. The number of nitrogens with zero attached hydrogens (tertiary/aromatic N) is 2. The monoisotopic (exact) mass is 329 g/mol. The van der Waals surface area contributed by atoms with Crippen LogP contribution >= 0.6 is 0 Å². The minimum atomic E-state index is -0.639. The second-order valence-electron chi connectivity index (χ2n) is 6.09. The van der Waals surface area contributed by atoms with Gasteiger partial charge in [0.1, 0.15) is 6.04 Å². The summed E-state index contributed by atoms with van der Waals surface area (Å²) in [6, 6.07) is 4.35. The van der Waals surface area contributed by atoms with E-state index in [1.165, 1.54) is 4.90 Å². The van der Waals surface area contributed by atoms with Crippen LogP contribution in [0.15, 0.2) is 18.2 Å². The van der Waals surface area contributed by atoms with Gasteiger partial charge in [-0.1, -0.05) is 0 Å². The number of amides is 4. The lowest BCUT2D eigenvalue weighted by molar-refractivity contribution is -0.136. The van der Waals surface area contributed by atoms with Crippen LogP contribution in [-0.2, 0) is 16.1 Å². The zero-order chi connectivity index (χ0) is 17.4. The molecule has 0 bridgehead atoms. The van der Waals surface area contributed by atoms with E-state index in [1.54, 1.807) is 30.1 Å². The highest BCUT2D eigenvalue weighted by Crippen LogP contribution is 2.28. The first kappa shape index (κ1) is 16.2. The van der Waals surface area contributed by atoms with E-state index in [2.05, 4.69) is 5.32 Å². The van der Waals surface area contributed by atoms with Gasteiger partial charge in [-0.25, -0.2) is 0 Å². The van der Waals surface area contributed by atoms with Crippen LogP contribution in [0.2, 0.25) is 0 Å². The van der Waals surface area contributed by atoms with Crippen molar-refractivity contribution in [2.24, 2.45) is 0 Å². The Kier molecular flexibility index (Phi) is 4.09. The summed E-state index contributed by atoms with van der Waals surface area (Å²) in [7, 11) is 1.72. The maximum atomic E-state index is 12.6. The molecule has 1 unspecified atom stereocenters. The van der Waals surface area contributed by atoms with E-state index in [0.717, 1.165) is 5.56 Å². The third kappa shape index (κ3) is 2.66. The third-order valence-corrected chi connectivity index (χ3v) is 4.59. The molecule has 7 heteroatoms. The summed E-state index contributed by atoms with van der Waals surface area (Å²) in [6.45, 7) is 2.76. The Labute approximate surface area is 139 Å². The molecule has 7 nitrogen and oxygen atoms in total. The largest absolute Gasteiger partial charge is 0.342 e. The predicted molar refractivity (Wildman–Crippen MR) is 85.1 cm³/mol. The fourth-order valence-electron chi connectivity index (χ4n) is 3.07. The van der Waals surface area contributed by atoms with Crippen molar-refractivity contribution in [2.45, 2.75) is 32.4 Å². The van der Waals surface area contributed by atoms with E-state index in [0.29, 0.717) is 24.1 Å². The fourth-order valence-corrected chi connectivity index (χ4v) is 3.07. The fraction of sp³-hybridized carbons (Fsp3) is 0.412. The molecular weight excluding hydrogens is 310 g/mol. The summed E-state index contributed by atoms with van der Waals surface area (Å²) in [5.41, 5.74) is 1.77. The molecule has 1 aromatic carbocycles. The summed E-state index contributed by atoms with van der Waals surface area (Å²) < 4.78 is 0. The second-order valence-corrected chi connectivity index (χ2v) is 6.09. The van der Waals surface area contributed by atoms with Gasteiger partial charge in [0.15, 0.2) is 0 Å². The molecule has 0 aromatic heterocycles. The van der Waals surface area contributed by atoms with E-state index >= 15 is 0 Å². The number of carbonyl (C=O) groups is 4. The number of carbonyl (C=O) groups excluding carboxylic acids is 4. The molecule has 0 spiro atoms. The topological polar surface area (TPSA) is 86.8 Å². The minimum absolute atomic E-state index is 0.104. The third-order valence-electron chi connectivity index (χ3n) is 4.59. The van der Waals surface area contributed by atoms with Crippen molar-refractivity contribution < 1.29 is 19.2 Å². The molecule has 2 aliphatic rings. The molecule has 0 radical (unpaired) electrons. The quantitative estimate of drug-likeness (QED) is 0.820. The Hall–Kier alpha value is -2.70. The first-order valence-electron chi connectivity index (χ1n) is 7.95. The van der Waals surface area contributed by atoms with Crippen LogP contribution in [0.1, 0.15) is 46.0 Å². The molecular formula is C17H19N3O4. The molecule has 1 fully saturated rings. The molecule has 2 heterocycles. The number of imide groups is 1. The molecule has 1 aromatic rings. The maximum absolute atomic E-state index is 12.6. The van der Waals surface area contributed by atoms with Gasteiger partial charge in [-0.2, -0.15) is 0 Å². The Morgan fingerprint density at radius 1 is 1.33 bits per heavy atom. The molecule has 0 aliphatic carbocycles. The molecule has 4 amide bonds. The number of benzene rings is 1. The van der Waals surface area contributed by atoms with Gasteiger partial charge in [-0.05, 0) is 37.1 Å². The molecule has 1 saturated heterocycles. The molecule has 2 aliphatic heterocycles. The zero-order valence-electron chi connectivity index (χ0n) is 13.7. The summed E-state index contributed by atoms with van der Waals surface area (Å²) >= 11 is 0.